The lowest BCUT2D eigenvalue weighted by Gasteiger charge is -2.42. The van der Waals surface area contributed by atoms with Crippen molar-refractivity contribution in [2.24, 2.45) is 0 Å². The lowest BCUT2D eigenvalue weighted by atomic mass is 9.95. The van der Waals surface area contributed by atoms with E-state index < -0.39 is 17.7 Å². The van der Waals surface area contributed by atoms with Crippen LogP contribution in [0.3, 0.4) is 0 Å². The molecule has 0 radical (unpaired) electrons. The fraction of sp³-hybridized carbons (Fsp3) is 0.433. The Kier molecular flexibility index (Phi) is 6.92. The Hall–Kier alpha value is -3.63. The molecule has 40 heavy (non-hydrogen) atoms. The number of carbonyl (C=O) groups excluding carboxylic acids is 1. The molecule has 2 aromatic carbocycles. The number of fused-ring (bicyclic) bond motifs is 4. The highest BCUT2D eigenvalue weighted by Crippen LogP contribution is 2.40. The number of aliphatic carboxylic acids is 1. The maximum absolute atomic E-state index is 12.9. The quantitative estimate of drug-likeness (QED) is 0.266. The van der Waals surface area contributed by atoms with Crippen LogP contribution in [0.15, 0.2) is 52.9 Å². The Morgan fingerprint density at radius 3 is 2.58 bits per heavy atom. The van der Waals surface area contributed by atoms with Gasteiger partial charge in [-0.25, -0.2) is 9.78 Å². The summed E-state index contributed by atoms with van der Waals surface area (Å²) in [6, 6.07) is 16.2. The van der Waals surface area contributed by atoms with Gasteiger partial charge in [0.15, 0.2) is 0 Å². The number of thiazole rings is 1. The Bertz CT molecular complexity index is 1510. The first-order valence-corrected chi connectivity index (χ1v) is 14.5. The Morgan fingerprint density at radius 1 is 1.12 bits per heavy atom. The molecule has 2 saturated heterocycles. The van der Waals surface area contributed by atoms with Crippen LogP contribution in [0.5, 0.6) is 10.9 Å². The number of carboxylic acid groups (broad SMARTS) is 1. The number of para-hydroxylation sites is 1. The molecule has 2 fully saturated rings. The van der Waals surface area contributed by atoms with Crippen molar-refractivity contribution in [2.45, 2.75) is 76.7 Å². The van der Waals surface area contributed by atoms with Gasteiger partial charge in [-0.1, -0.05) is 23.5 Å². The monoisotopic (exact) mass is 563 g/mol. The number of carbonyl (C=O) groups is 2. The molecular weight excluding hydrogens is 530 g/mol. The minimum absolute atomic E-state index is 0.169. The second-order valence-electron chi connectivity index (χ2n) is 11.6. The first kappa shape index (κ1) is 26.6. The van der Waals surface area contributed by atoms with Crippen molar-refractivity contribution in [3.8, 4) is 10.9 Å². The van der Waals surface area contributed by atoms with E-state index in [9.17, 15) is 14.7 Å². The van der Waals surface area contributed by atoms with E-state index in [4.69, 9.17) is 13.9 Å². The van der Waals surface area contributed by atoms with E-state index in [-0.39, 0.29) is 24.7 Å². The van der Waals surface area contributed by atoms with Gasteiger partial charge in [-0.05, 0) is 76.8 Å². The third kappa shape index (κ3) is 5.64. The lowest BCUT2D eigenvalue weighted by molar-refractivity contribution is -0.139. The molecule has 210 valence electrons. The topological polar surface area (TPSA) is 105 Å². The number of nitrogens with zero attached hydrogens (tertiary/aromatic N) is 3. The summed E-state index contributed by atoms with van der Waals surface area (Å²) in [5, 5.41) is 11.1. The van der Waals surface area contributed by atoms with E-state index in [2.05, 4.69) is 16.0 Å². The third-order valence-electron chi connectivity index (χ3n) is 7.59. The zero-order valence-electron chi connectivity index (χ0n) is 22.8. The van der Waals surface area contributed by atoms with Gasteiger partial charge < -0.3 is 19.0 Å². The van der Waals surface area contributed by atoms with Crippen molar-refractivity contribution in [3.63, 3.8) is 0 Å². The largest absolute Gasteiger partial charge is 0.480 e. The number of amides is 1. The minimum Gasteiger partial charge on any atom is -0.480 e. The van der Waals surface area contributed by atoms with Crippen LogP contribution < -0.4 is 4.74 Å². The van der Waals surface area contributed by atoms with Gasteiger partial charge in [0.1, 0.15) is 29.2 Å². The van der Waals surface area contributed by atoms with Crippen molar-refractivity contribution < 1.29 is 28.6 Å². The molecule has 2 aliphatic rings. The summed E-state index contributed by atoms with van der Waals surface area (Å²) in [5.74, 6) is 0.514. The van der Waals surface area contributed by atoms with Crippen LogP contribution in [0.1, 0.15) is 52.2 Å². The van der Waals surface area contributed by atoms with E-state index in [1.165, 1.54) is 16.2 Å². The molecule has 0 spiro atoms. The summed E-state index contributed by atoms with van der Waals surface area (Å²) < 4.78 is 18.9. The van der Waals surface area contributed by atoms with Crippen molar-refractivity contribution in [1.82, 2.24) is 14.8 Å². The van der Waals surface area contributed by atoms with Crippen LogP contribution in [0.4, 0.5) is 4.79 Å². The zero-order valence-corrected chi connectivity index (χ0v) is 23.6. The molecule has 2 aromatic heterocycles. The van der Waals surface area contributed by atoms with Gasteiger partial charge in [-0.15, -0.1) is 0 Å². The van der Waals surface area contributed by atoms with Gasteiger partial charge in [0.25, 0.3) is 5.19 Å². The Balaban J connectivity index is 1.14. The number of carboxylic acids is 1. The third-order valence-corrected chi connectivity index (χ3v) is 8.51. The minimum atomic E-state index is -1.03. The first-order chi connectivity index (χ1) is 19.1. The smallest absolute Gasteiger partial charge is 0.411 e. The summed E-state index contributed by atoms with van der Waals surface area (Å²) in [5.41, 5.74) is 0.988. The Morgan fingerprint density at radius 2 is 1.88 bits per heavy atom. The van der Waals surface area contributed by atoms with E-state index in [1.54, 1.807) is 20.8 Å². The van der Waals surface area contributed by atoms with Gasteiger partial charge in [0, 0.05) is 29.6 Å². The molecular formula is C30H33N3O6S. The van der Waals surface area contributed by atoms with Crippen LogP contribution >= 0.6 is 11.3 Å². The van der Waals surface area contributed by atoms with Crippen LogP contribution in [0.25, 0.3) is 21.2 Å². The molecule has 2 atom stereocenters. The van der Waals surface area contributed by atoms with Crippen LogP contribution in [0.2, 0.25) is 0 Å². The normalized spacial score (nSPS) is 21.1. The van der Waals surface area contributed by atoms with E-state index >= 15 is 0 Å². The number of benzene rings is 2. The lowest BCUT2D eigenvalue weighted by Crippen LogP contribution is -2.53. The number of hydrogen-bond acceptors (Lipinski definition) is 8. The van der Waals surface area contributed by atoms with Gasteiger partial charge >= 0.3 is 12.1 Å². The number of rotatable bonds is 7. The molecule has 2 unspecified atom stereocenters. The molecule has 4 aromatic rings. The average molecular weight is 564 g/mol. The highest BCUT2D eigenvalue weighted by atomic mass is 32.1. The SMILES string of the molecule is CC(C)(C)OC(=O)N(CC(=O)O)C1CC2CCC(C1)N2Cc1cc2ccc(Oc3nc4ccccc4s3)cc2o1. The molecule has 10 heteroatoms. The second kappa shape index (κ2) is 10.4. The number of furan rings is 1. The number of aromatic nitrogens is 1. The Labute approximate surface area is 236 Å². The van der Waals surface area contributed by atoms with Gasteiger partial charge in [-0.3, -0.25) is 14.6 Å². The van der Waals surface area contributed by atoms with Crippen LogP contribution in [0, 0.1) is 0 Å². The predicted molar refractivity (Wildman–Crippen MR) is 152 cm³/mol. The standard InChI is InChI=1S/C30H33N3O6S/c1-30(2,3)39-29(36)33(17-27(34)35)21-13-19-9-10-20(14-21)32(19)16-23-12-18-8-11-22(15-25(18)37-23)38-28-31-24-6-4-5-7-26(24)40-28/h4-8,11-12,15,19-21H,9-10,13-14,16-17H2,1-3H3,(H,34,35). The summed E-state index contributed by atoms with van der Waals surface area (Å²) >= 11 is 1.51. The maximum Gasteiger partial charge on any atom is 0.411 e. The molecule has 2 bridgehead atoms. The van der Waals surface area contributed by atoms with Crippen molar-refractivity contribution in [3.05, 3.63) is 54.3 Å². The van der Waals surface area contributed by atoms with Gasteiger partial charge in [0.2, 0.25) is 0 Å². The van der Waals surface area contributed by atoms with E-state index in [1.807, 2.05) is 42.5 Å². The molecule has 1 N–H and O–H groups in total. The molecule has 1 amide bonds. The van der Waals surface area contributed by atoms with Crippen molar-refractivity contribution >= 4 is 44.6 Å². The molecule has 0 saturated carbocycles. The number of hydrogen-bond donors (Lipinski definition) is 1. The zero-order chi connectivity index (χ0) is 28.0. The second-order valence-corrected chi connectivity index (χ2v) is 12.6. The fourth-order valence-electron chi connectivity index (χ4n) is 5.95. The number of piperidine rings is 1. The highest BCUT2D eigenvalue weighted by molar-refractivity contribution is 7.20. The van der Waals surface area contributed by atoms with Crippen molar-refractivity contribution in [2.75, 3.05) is 6.54 Å². The highest BCUT2D eigenvalue weighted by Gasteiger charge is 2.44. The molecule has 0 aliphatic carbocycles. The maximum atomic E-state index is 12.9. The van der Waals surface area contributed by atoms with E-state index in [0.29, 0.717) is 30.3 Å². The van der Waals surface area contributed by atoms with Crippen LogP contribution in [-0.4, -0.2) is 62.2 Å². The fourth-order valence-corrected chi connectivity index (χ4v) is 6.79. The predicted octanol–water partition coefficient (Wildman–Crippen LogP) is 6.65. The first-order valence-electron chi connectivity index (χ1n) is 13.6. The molecule has 6 rings (SSSR count). The number of ether oxygens (including phenoxy) is 2. The molecule has 9 nitrogen and oxygen atoms in total. The van der Waals surface area contributed by atoms with Gasteiger partial charge in [-0.2, -0.15) is 0 Å². The van der Waals surface area contributed by atoms with Gasteiger partial charge in [0.05, 0.1) is 16.8 Å². The molecule has 2 aliphatic heterocycles. The average Bonchev–Trinajstić information content (AvgIpc) is 3.53. The summed E-state index contributed by atoms with van der Waals surface area (Å²) in [4.78, 5) is 32.9. The van der Waals surface area contributed by atoms with Crippen molar-refractivity contribution in [1.29, 1.82) is 0 Å². The summed E-state index contributed by atoms with van der Waals surface area (Å²) in [6.45, 7) is 5.68. The summed E-state index contributed by atoms with van der Waals surface area (Å²) in [6.07, 6.45) is 2.88. The molecule has 4 heterocycles. The van der Waals surface area contributed by atoms with E-state index in [0.717, 1.165) is 39.8 Å². The van der Waals surface area contributed by atoms with Crippen LogP contribution in [-0.2, 0) is 16.1 Å². The summed E-state index contributed by atoms with van der Waals surface area (Å²) in [7, 11) is 0.